The Kier molecular flexibility index (Phi) is 9.42. The third-order valence-electron chi connectivity index (χ3n) is 6.98. The van der Waals surface area contributed by atoms with Crippen LogP contribution in [0.3, 0.4) is 0 Å². The predicted molar refractivity (Wildman–Crippen MR) is 163 cm³/mol. The fourth-order valence-corrected chi connectivity index (χ4v) is 5.93. The summed E-state index contributed by atoms with van der Waals surface area (Å²) in [7, 11) is 0. The molecule has 1 fully saturated rings. The molecule has 2 amide bonds. The van der Waals surface area contributed by atoms with E-state index in [1.54, 1.807) is 0 Å². The molecule has 0 saturated carbocycles. The number of hydrogen-bond acceptors (Lipinski definition) is 5. The fourth-order valence-electron chi connectivity index (χ4n) is 4.99. The number of urea groups is 1. The zero-order valence-corrected chi connectivity index (χ0v) is 25.2. The predicted octanol–water partition coefficient (Wildman–Crippen LogP) is 7.89. The Morgan fingerprint density at radius 2 is 1.76 bits per heavy atom. The smallest absolute Gasteiger partial charge is 0.406 e. The van der Waals surface area contributed by atoms with E-state index in [9.17, 15) is 22.4 Å². The Balaban J connectivity index is 1.22. The summed E-state index contributed by atoms with van der Waals surface area (Å²) < 4.78 is 72.3. The maximum absolute atomic E-state index is 15.1. The second kappa shape index (κ2) is 13.3. The number of thioether (sulfide) groups is 1. The van der Waals surface area contributed by atoms with Crippen molar-refractivity contribution >= 4 is 28.6 Å². The van der Waals surface area contributed by atoms with E-state index in [1.807, 2.05) is 35.3 Å². The normalized spacial score (nSPS) is 15.8. The van der Waals surface area contributed by atoms with Gasteiger partial charge in [0.15, 0.2) is 17.2 Å². The summed E-state index contributed by atoms with van der Waals surface area (Å²) >= 11 is 1.37. The average Bonchev–Trinajstić information content (AvgIpc) is 3.66. The molecular formula is C31H29F5N6O2S. The Labute approximate surface area is 260 Å². The monoisotopic (exact) mass is 644 g/mol. The summed E-state index contributed by atoms with van der Waals surface area (Å²) in [6.45, 7) is 6.84. The molecule has 1 saturated heterocycles. The van der Waals surface area contributed by atoms with Crippen molar-refractivity contribution in [1.29, 1.82) is 0 Å². The SMILES string of the molecule is Cc1cccc(N2CCS/C2=N\C(=O)NC(F)C(F)c2ccc(-c3ncn(-c4ccc(OC(F)(F)F)cc4)n3)cc2)c1C(C)C. The Bertz CT molecular complexity index is 1680. The molecule has 0 spiro atoms. The molecule has 0 radical (unpaired) electrons. The van der Waals surface area contributed by atoms with Gasteiger partial charge in [-0.3, -0.25) is 0 Å². The molecule has 1 N–H and O–H groups in total. The lowest BCUT2D eigenvalue weighted by Gasteiger charge is -2.24. The van der Waals surface area contributed by atoms with Crippen LogP contribution in [-0.2, 0) is 0 Å². The molecule has 0 aliphatic carbocycles. The van der Waals surface area contributed by atoms with Crippen LogP contribution in [0.15, 0.2) is 78.0 Å². The van der Waals surface area contributed by atoms with Crippen LogP contribution in [0.4, 0.5) is 32.4 Å². The molecule has 14 heteroatoms. The maximum atomic E-state index is 15.1. The van der Waals surface area contributed by atoms with E-state index in [2.05, 4.69) is 33.7 Å². The van der Waals surface area contributed by atoms with Gasteiger partial charge in [-0.05, 0) is 59.9 Å². The highest BCUT2D eigenvalue weighted by molar-refractivity contribution is 8.14. The second-order valence-electron chi connectivity index (χ2n) is 10.5. The number of aryl methyl sites for hydroxylation is 1. The van der Waals surface area contributed by atoms with Crippen molar-refractivity contribution < 1.29 is 31.5 Å². The zero-order valence-electron chi connectivity index (χ0n) is 24.4. The quantitative estimate of drug-likeness (QED) is 0.155. The number of aromatic nitrogens is 3. The van der Waals surface area contributed by atoms with Gasteiger partial charge in [-0.2, -0.15) is 4.99 Å². The number of carbonyl (C=O) groups excluding carboxylic acids is 1. The van der Waals surface area contributed by atoms with E-state index in [4.69, 9.17) is 0 Å². The van der Waals surface area contributed by atoms with Crippen LogP contribution in [0, 0.1) is 6.92 Å². The number of anilines is 1. The number of ether oxygens (including phenoxy) is 1. The summed E-state index contributed by atoms with van der Waals surface area (Å²) in [5.41, 5.74) is 4.10. The molecule has 1 aliphatic heterocycles. The van der Waals surface area contributed by atoms with Crippen LogP contribution in [0.5, 0.6) is 5.75 Å². The minimum atomic E-state index is -4.80. The van der Waals surface area contributed by atoms with Crippen LogP contribution in [-0.4, -0.2) is 50.9 Å². The summed E-state index contributed by atoms with van der Waals surface area (Å²) in [5.74, 6) is 0.816. The van der Waals surface area contributed by atoms with Gasteiger partial charge in [-0.15, -0.1) is 18.3 Å². The van der Waals surface area contributed by atoms with E-state index in [0.29, 0.717) is 28.7 Å². The van der Waals surface area contributed by atoms with Crippen LogP contribution in [0.25, 0.3) is 17.1 Å². The summed E-state index contributed by atoms with van der Waals surface area (Å²) in [6, 6.07) is 15.7. The van der Waals surface area contributed by atoms with Gasteiger partial charge in [0.1, 0.15) is 12.1 Å². The van der Waals surface area contributed by atoms with E-state index >= 15 is 4.39 Å². The summed E-state index contributed by atoms with van der Waals surface area (Å²) in [4.78, 5) is 22.8. The van der Waals surface area contributed by atoms with Gasteiger partial charge in [0.2, 0.25) is 6.30 Å². The van der Waals surface area contributed by atoms with E-state index in [1.165, 1.54) is 59.2 Å². The lowest BCUT2D eigenvalue weighted by atomic mass is 9.95. The number of nitrogens with one attached hydrogen (secondary N) is 1. The molecule has 2 atom stereocenters. The van der Waals surface area contributed by atoms with Gasteiger partial charge in [-0.1, -0.05) is 62.0 Å². The standard InChI is InChI=1S/C31H29F5N6O2S/c1-18(2)25-19(3)5-4-6-24(25)41-15-16-45-30(41)39-29(43)38-27(33)26(32)20-7-9-21(10-8-20)28-37-17-42(40-28)22-11-13-23(14-12-22)44-31(34,35)36/h4-14,17-18,26-27H,15-16H2,1-3H3,(H,38,43)/b39-30-. The number of halogens is 5. The number of benzene rings is 3. The highest BCUT2D eigenvalue weighted by Crippen LogP contribution is 2.35. The molecule has 5 rings (SSSR count). The molecular weight excluding hydrogens is 615 g/mol. The number of rotatable bonds is 8. The minimum absolute atomic E-state index is 0.0166. The first kappa shape index (κ1) is 31.9. The lowest BCUT2D eigenvalue weighted by Crippen LogP contribution is -2.34. The molecule has 0 bridgehead atoms. The van der Waals surface area contributed by atoms with E-state index in [0.717, 1.165) is 28.9 Å². The van der Waals surface area contributed by atoms with Crippen molar-refractivity contribution in [2.45, 2.75) is 45.5 Å². The Morgan fingerprint density at radius 3 is 2.42 bits per heavy atom. The number of alkyl halides is 5. The van der Waals surface area contributed by atoms with Crippen molar-refractivity contribution in [1.82, 2.24) is 20.1 Å². The van der Waals surface area contributed by atoms with E-state index < -0.39 is 24.9 Å². The highest BCUT2D eigenvalue weighted by Gasteiger charge is 2.31. The minimum Gasteiger partial charge on any atom is -0.406 e. The summed E-state index contributed by atoms with van der Waals surface area (Å²) in [6.07, 6.45) is -7.95. The van der Waals surface area contributed by atoms with Gasteiger partial charge in [0.25, 0.3) is 0 Å². The van der Waals surface area contributed by atoms with Gasteiger partial charge >= 0.3 is 12.4 Å². The maximum Gasteiger partial charge on any atom is 0.573 e. The highest BCUT2D eigenvalue weighted by atomic mass is 32.2. The third-order valence-corrected chi connectivity index (χ3v) is 7.93. The van der Waals surface area contributed by atoms with Crippen molar-refractivity contribution in [2.75, 3.05) is 17.2 Å². The number of hydrogen-bond donors (Lipinski definition) is 1. The van der Waals surface area contributed by atoms with Crippen LogP contribution in [0.2, 0.25) is 0 Å². The first-order valence-electron chi connectivity index (χ1n) is 13.9. The van der Waals surface area contributed by atoms with Gasteiger partial charge < -0.3 is 15.0 Å². The number of carbonyl (C=O) groups is 1. The van der Waals surface area contributed by atoms with Crippen LogP contribution in [0.1, 0.15) is 42.6 Å². The zero-order chi connectivity index (χ0) is 32.3. The van der Waals surface area contributed by atoms with Gasteiger partial charge in [-0.25, -0.2) is 23.2 Å². The van der Waals surface area contributed by atoms with Crippen molar-refractivity contribution in [3.8, 4) is 22.8 Å². The molecule has 45 heavy (non-hydrogen) atoms. The van der Waals surface area contributed by atoms with Gasteiger partial charge in [0, 0.05) is 23.5 Å². The first-order chi connectivity index (χ1) is 21.4. The largest absolute Gasteiger partial charge is 0.573 e. The average molecular weight is 645 g/mol. The molecule has 2 unspecified atom stereocenters. The fraction of sp³-hybridized carbons (Fsp3) is 0.290. The molecule has 2 heterocycles. The molecule has 1 aliphatic rings. The third kappa shape index (κ3) is 7.62. The summed E-state index contributed by atoms with van der Waals surface area (Å²) in [5, 5.41) is 6.72. The molecule has 1 aromatic heterocycles. The molecule has 4 aromatic rings. The van der Waals surface area contributed by atoms with Crippen molar-refractivity contribution in [3.63, 3.8) is 0 Å². The van der Waals surface area contributed by atoms with Crippen molar-refractivity contribution in [3.05, 3.63) is 89.7 Å². The van der Waals surface area contributed by atoms with Crippen molar-refractivity contribution in [2.24, 2.45) is 4.99 Å². The molecule has 236 valence electrons. The first-order valence-corrected chi connectivity index (χ1v) is 14.9. The van der Waals surface area contributed by atoms with Gasteiger partial charge in [0.05, 0.1) is 5.69 Å². The number of aliphatic imine (C=N–C) groups is 1. The van der Waals surface area contributed by atoms with E-state index in [-0.39, 0.29) is 23.1 Å². The number of nitrogens with zero attached hydrogens (tertiary/aromatic N) is 5. The van der Waals surface area contributed by atoms with Crippen LogP contribution >= 0.6 is 11.8 Å². The topological polar surface area (TPSA) is 84.6 Å². The molecule has 8 nitrogen and oxygen atoms in total. The van der Waals surface area contributed by atoms with Crippen LogP contribution < -0.4 is 15.0 Å². The lowest BCUT2D eigenvalue weighted by molar-refractivity contribution is -0.274. The Morgan fingerprint density at radius 1 is 1.04 bits per heavy atom. The number of amidine groups is 1. The second-order valence-corrected chi connectivity index (χ2v) is 11.5. The molecule has 3 aromatic carbocycles. The Hall–Kier alpha value is -4.46. The number of amides is 2.